The average Bonchev–Trinajstić information content (AvgIpc) is 2.71. The van der Waals surface area contributed by atoms with Gasteiger partial charge in [-0.3, -0.25) is 9.59 Å². The molecule has 0 bridgehead atoms. The Morgan fingerprint density at radius 2 is 1.68 bits per heavy atom. The zero-order valence-corrected chi connectivity index (χ0v) is 16.8. The van der Waals surface area contributed by atoms with E-state index < -0.39 is 5.97 Å². The van der Waals surface area contributed by atoms with Gasteiger partial charge in [-0.15, -0.1) is 0 Å². The van der Waals surface area contributed by atoms with E-state index in [0.717, 1.165) is 17.5 Å². The van der Waals surface area contributed by atoms with Crippen LogP contribution in [0.15, 0.2) is 42.5 Å². The molecule has 0 aliphatic rings. The van der Waals surface area contributed by atoms with E-state index >= 15 is 0 Å². The van der Waals surface area contributed by atoms with E-state index in [0.29, 0.717) is 17.1 Å². The number of esters is 1. The van der Waals surface area contributed by atoms with Gasteiger partial charge in [0.15, 0.2) is 18.1 Å². The molecule has 0 aliphatic carbocycles. The van der Waals surface area contributed by atoms with Gasteiger partial charge in [0.1, 0.15) is 0 Å². The Morgan fingerprint density at radius 1 is 1.00 bits per heavy atom. The Kier molecular flexibility index (Phi) is 7.87. The molecule has 150 valence electrons. The van der Waals surface area contributed by atoms with Crippen molar-refractivity contribution in [3.63, 3.8) is 0 Å². The largest absolute Gasteiger partial charge is 0.493 e. The van der Waals surface area contributed by atoms with Gasteiger partial charge in [0, 0.05) is 0 Å². The summed E-state index contributed by atoms with van der Waals surface area (Å²) in [5, 5.41) is 2.90. The molecular formula is C22H27NO5. The summed E-state index contributed by atoms with van der Waals surface area (Å²) in [6.07, 6.45) is 0.789. The van der Waals surface area contributed by atoms with Crippen molar-refractivity contribution in [3.05, 3.63) is 59.2 Å². The van der Waals surface area contributed by atoms with Gasteiger partial charge < -0.3 is 19.5 Å². The highest BCUT2D eigenvalue weighted by Crippen LogP contribution is 2.27. The second kappa shape index (κ2) is 10.3. The Balaban J connectivity index is 1.86. The Hall–Kier alpha value is -3.02. The van der Waals surface area contributed by atoms with Crippen LogP contribution in [0.1, 0.15) is 36.1 Å². The van der Waals surface area contributed by atoms with Gasteiger partial charge in [-0.05, 0) is 36.6 Å². The molecule has 6 heteroatoms. The third-order valence-corrected chi connectivity index (χ3v) is 4.38. The fraction of sp³-hybridized carbons (Fsp3) is 0.364. The number of nitrogens with one attached hydrogen (secondary N) is 1. The first-order valence-corrected chi connectivity index (χ1v) is 9.19. The monoisotopic (exact) mass is 385 g/mol. The lowest BCUT2D eigenvalue weighted by molar-refractivity contribution is -0.148. The van der Waals surface area contributed by atoms with E-state index in [9.17, 15) is 9.59 Å². The fourth-order valence-corrected chi connectivity index (χ4v) is 2.81. The molecule has 0 saturated carbocycles. The first kappa shape index (κ1) is 21.3. The van der Waals surface area contributed by atoms with Crippen molar-refractivity contribution in [1.29, 1.82) is 0 Å². The molecular weight excluding hydrogens is 358 g/mol. The van der Waals surface area contributed by atoms with E-state index in [1.54, 1.807) is 25.3 Å². The van der Waals surface area contributed by atoms with Crippen molar-refractivity contribution in [2.75, 3.05) is 20.8 Å². The smallest absolute Gasteiger partial charge is 0.310 e. The molecule has 0 unspecified atom stereocenters. The van der Waals surface area contributed by atoms with Crippen LogP contribution in [0.25, 0.3) is 0 Å². The number of hydrogen-bond donors (Lipinski definition) is 1. The van der Waals surface area contributed by atoms with E-state index in [-0.39, 0.29) is 25.0 Å². The molecule has 0 spiro atoms. The molecule has 2 rings (SSSR count). The van der Waals surface area contributed by atoms with Crippen molar-refractivity contribution in [1.82, 2.24) is 5.32 Å². The van der Waals surface area contributed by atoms with Gasteiger partial charge in [-0.1, -0.05) is 42.8 Å². The predicted molar refractivity (Wildman–Crippen MR) is 107 cm³/mol. The van der Waals surface area contributed by atoms with Crippen molar-refractivity contribution < 1.29 is 23.8 Å². The van der Waals surface area contributed by atoms with E-state index in [2.05, 4.69) is 5.32 Å². The van der Waals surface area contributed by atoms with Crippen molar-refractivity contribution in [2.45, 2.75) is 32.7 Å². The number of rotatable bonds is 9. The number of carbonyl (C=O) groups is 2. The minimum absolute atomic E-state index is 0.0444. The summed E-state index contributed by atoms with van der Waals surface area (Å²) in [6.45, 7) is 3.70. The number of hydrogen-bond acceptors (Lipinski definition) is 5. The number of methoxy groups -OCH3 is 2. The topological polar surface area (TPSA) is 73.9 Å². The molecule has 1 amide bonds. The van der Waals surface area contributed by atoms with Gasteiger partial charge >= 0.3 is 5.97 Å². The van der Waals surface area contributed by atoms with Crippen LogP contribution in [0.5, 0.6) is 11.5 Å². The molecule has 1 atom stereocenters. The van der Waals surface area contributed by atoms with Gasteiger partial charge in [-0.25, -0.2) is 0 Å². The molecule has 2 aromatic carbocycles. The molecule has 0 saturated heterocycles. The van der Waals surface area contributed by atoms with Crippen LogP contribution in [0.3, 0.4) is 0 Å². The van der Waals surface area contributed by atoms with E-state index in [1.807, 2.05) is 38.1 Å². The molecule has 0 radical (unpaired) electrons. The molecule has 0 fully saturated rings. The molecule has 6 nitrogen and oxygen atoms in total. The second-order valence-corrected chi connectivity index (χ2v) is 6.47. The highest BCUT2D eigenvalue weighted by Gasteiger charge is 2.15. The zero-order chi connectivity index (χ0) is 20.5. The van der Waals surface area contributed by atoms with Crippen LogP contribution in [0.2, 0.25) is 0 Å². The van der Waals surface area contributed by atoms with E-state index in [4.69, 9.17) is 14.2 Å². The molecule has 0 aliphatic heterocycles. The predicted octanol–water partition coefficient (Wildman–Crippen LogP) is 3.37. The highest BCUT2D eigenvalue weighted by molar-refractivity contribution is 5.81. The summed E-state index contributed by atoms with van der Waals surface area (Å²) in [4.78, 5) is 24.2. The fourth-order valence-electron chi connectivity index (χ4n) is 2.81. The van der Waals surface area contributed by atoms with Crippen LogP contribution < -0.4 is 14.8 Å². The van der Waals surface area contributed by atoms with Crippen LogP contribution in [-0.2, 0) is 20.7 Å². The SMILES string of the molecule is CC[C@@H](NC(=O)COC(=O)Cc1ccc(OC)c(OC)c1)c1ccc(C)cc1. The summed E-state index contributed by atoms with van der Waals surface area (Å²) in [5.74, 6) is 0.314. The summed E-state index contributed by atoms with van der Waals surface area (Å²) in [5.41, 5.74) is 2.90. The molecule has 28 heavy (non-hydrogen) atoms. The standard InChI is InChI=1S/C22H27NO5/c1-5-18(17-9-6-15(2)7-10-17)23-21(24)14-28-22(25)13-16-8-11-19(26-3)20(12-16)27-4/h6-12,18H,5,13-14H2,1-4H3,(H,23,24)/t18-/m1/s1. The third-order valence-electron chi connectivity index (χ3n) is 4.38. The number of benzene rings is 2. The van der Waals surface area contributed by atoms with Gasteiger partial charge in [0.2, 0.25) is 0 Å². The summed E-state index contributed by atoms with van der Waals surface area (Å²) < 4.78 is 15.5. The molecule has 2 aromatic rings. The lowest BCUT2D eigenvalue weighted by Crippen LogP contribution is -2.32. The maximum absolute atomic E-state index is 12.2. The summed E-state index contributed by atoms with van der Waals surface area (Å²) >= 11 is 0. The maximum atomic E-state index is 12.2. The number of carbonyl (C=O) groups excluding carboxylic acids is 2. The lowest BCUT2D eigenvalue weighted by atomic mass is 10.0. The average molecular weight is 385 g/mol. The summed E-state index contributed by atoms with van der Waals surface area (Å²) in [6, 6.07) is 13.1. The lowest BCUT2D eigenvalue weighted by Gasteiger charge is -2.17. The van der Waals surface area contributed by atoms with Gasteiger partial charge in [0.25, 0.3) is 5.91 Å². The number of amides is 1. The summed E-state index contributed by atoms with van der Waals surface area (Å²) in [7, 11) is 3.08. The number of aryl methyl sites for hydroxylation is 1. The minimum atomic E-state index is -0.481. The minimum Gasteiger partial charge on any atom is -0.493 e. The molecule has 0 heterocycles. The van der Waals surface area contributed by atoms with E-state index in [1.165, 1.54) is 7.11 Å². The van der Waals surface area contributed by atoms with Gasteiger partial charge in [-0.2, -0.15) is 0 Å². The Labute approximate surface area is 165 Å². The molecule has 0 aromatic heterocycles. The Morgan fingerprint density at radius 3 is 2.29 bits per heavy atom. The second-order valence-electron chi connectivity index (χ2n) is 6.47. The van der Waals surface area contributed by atoms with Crippen LogP contribution in [-0.4, -0.2) is 32.7 Å². The van der Waals surface area contributed by atoms with Gasteiger partial charge in [0.05, 0.1) is 26.7 Å². The number of ether oxygens (including phenoxy) is 3. The molecule has 1 N–H and O–H groups in total. The quantitative estimate of drug-likeness (QED) is 0.670. The first-order chi connectivity index (χ1) is 13.5. The third kappa shape index (κ3) is 6.01. The van der Waals surface area contributed by atoms with Crippen LogP contribution >= 0.6 is 0 Å². The Bertz CT molecular complexity index is 801. The zero-order valence-electron chi connectivity index (χ0n) is 16.8. The highest BCUT2D eigenvalue weighted by atomic mass is 16.5. The maximum Gasteiger partial charge on any atom is 0.310 e. The van der Waals surface area contributed by atoms with Crippen LogP contribution in [0.4, 0.5) is 0 Å². The van der Waals surface area contributed by atoms with Crippen molar-refractivity contribution in [3.8, 4) is 11.5 Å². The van der Waals surface area contributed by atoms with Crippen molar-refractivity contribution >= 4 is 11.9 Å². The van der Waals surface area contributed by atoms with Crippen molar-refractivity contribution in [2.24, 2.45) is 0 Å². The normalized spacial score (nSPS) is 11.4. The van der Waals surface area contributed by atoms with Crippen LogP contribution in [0, 0.1) is 6.92 Å². The first-order valence-electron chi connectivity index (χ1n) is 9.19.